The number of hydrogen-bond acceptors (Lipinski definition) is 5. The van der Waals surface area contributed by atoms with Gasteiger partial charge in [0.25, 0.3) is 0 Å². The lowest BCUT2D eigenvalue weighted by Crippen LogP contribution is -2.22. The molecule has 0 fully saturated rings. The molecule has 0 bridgehead atoms. The molecule has 6 nitrogen and oxygen atoms in total. The molecule has 2 aromatic heterocycles. The smallest absolute Gasteiger partial charge is 0.391 e. The average Bonchev–Trinajstić information content (AvgIpc) is 2.97. The second-order valence-corrected chi connectivity index (χ2v) is 6.37. The highest BCUT2D eigenvalue weighted by molar-refractivity contribution is 5.70. The van der Waals surface area contributed by atoms with E-state index in [1.54, 1.807) is 4.68 Å². The van der Waals surface area contributed by atoms with Crippen LogP contribution >= 0.6 is 0 Å². The van der Waals surface area contributed by atoms with Crippen LogP contribution in [-0.4, -0.2) is 33.7 Å². The van der Waals surface area contributed by atoms with Gasteiger partial charge in [-0.3, -0.25) is 9.67 Å². The molecule has 2 heterocycles. The van der Waals surface area contributed by atoms with Crippen LogP contribution in [-0.2, 0) is 29.0 Å². The molecule has 0 amide bonds. The summed E-state index contributed by atoms with van der Waals surface area (Å²) in [6.45, 7) is 4.01. The third kappa shape index (κ3) is 6.35. The number of ether oxygens (including phenoxy) is 1. The predicted octanol–water partition coefficient (Wildman–Crippen LogP) is 4.59. The SMILES string of the molecule is CCc1nn(CC)c(-c2cnc(C[C@H](C)C(F)(F)F)cc2OC(F)F)c1C.O=C=O. The minimum Gasteiger partial charge on any atom is -0.434 e. The number of rotatable bonds is 7. The molecule has 2 rings (SSSR count). The van der Waals surface area contributed by atoms with Crippen molar-refractivity contribution in [1.29, 1.82) is 0 Å². The molecule has 0 aliphatic carbocycles. The average molecular weight is 435 g/mol. The summed E-state index contributed by atoms with van der Waals surface area (Å²) < 4.78 is 70.5. The first-order valence-corrected chi connectivity index (χ1v) is 9.06. The van der Waals surface area contributed by atoms with Crippen molar-refractivity contribution in [2.75, 3.05) is 0 Å². The van der Waals surface area contributed by atoms with Crippen LogP contribution in [0.2, 0.25) is 0 Å². The first kappa shape index (κ1) is 25.2. The lowest BCUT2D eigenvalue weighted by Gasteiger charge is -2.17. The van der Waals surface area contributed by atoms with Gasteiger partial charge >= 0.3 is 18.9 Å². The van der Waals surface area contributed by atoms with Gasteiger partial charge in [0.1, 0.15) is 5.75 Å². The molecule has 0 spiro atoms. The van der Waals surface area contributed by atoms with Crippen LogP contribution in [0.1, 0.15) is 37.7 Å². The summed E-state index contributed by atoms with van der Waals surface area (Å²) in [5.41, 5.74) is 2.51. The van der Waals surface area contributed by atoms with E-state index in [1.165, 1.54) is 6.20 Å². The van der Waals surface area contributed by atoms with Gasteiger partial charge in [-0.05, 0) is 25.8 Å². The van der Waals surface area contributed by atoms with Gasteiger partial charge in [0, 0.05) is 30.9 Å². The zero-order valence-electron chi connectivity index (χ0n) is 16.9. The fourth-order valence-corrected chi connectivity index (χ4v) is 2.90. The van der Waals surface area contributed by atoms with E-state index in [0.29, 0.717) is 18.7 Å². The van der Waals surface area contributed by atoms with Crippen molar-refractivity contribution in [3.8, 4) is 17.0 Å². The van der Waals surface area contributed by atoms with Crippen molar-refractivity contribution in [2.24, 2.45) is 5.92 Å². The van der Waals surface area contributed by atoms with Gasteiger partial charge in [0.2, 0.25) is 0 Å². The topological polar surface area (TPSA) is 74.1 Å². The van der Waals surface area contributed by atoms with Gasteiger partial charge in [0.15, 0.2) is 0 Å². The molecule has 0 aliphatic rings. The Morgan fingerprint density at radius 1 is 1.23 bits per heavy atom. The number of aryl methyl sites for hydroxylation is 2. The van der Waals surface area contributed by atoms with E-state index in [1.807, 2.05) is 20.8 Å². The first-order valence-electron chi connectivity index (χ1n) is 9.06. The number of alkyl halides is 5. The number of pyridine rings is 1. The van der Waals surface area contributed by atoms with E-state index in [-0.39, 0.29) is 23.2 Å². The molecular formula is C19H22F5N3O3. The molecule has 1 atom stereocenters. The fraction of sp³-hybridized carbons (Fsp3) is 0.526. The third-order valence-electron chi connectivity index (χ3n) is 4.39. The molecule has 0 radical (unpaired) electrons. The maximum atomic E-state index is 12.9. The van der Waals surface area contributed by atoms with Crippen molar-refractivity contribution in [3.63, 3.8) is 0 Å². The van der Waals surface area contributed by atoms with E-state index in [9.17, 15) is 22.0 Å². The highest BCUT2D eigenvalue weighted by Crippen LogP contribution is 2.36. The Bertz CT molecular complexity index is 875. The number of halogens is 5. The second-order valence-electron chi connectivity index (χ2n) is 6.37. The summed E-state index contributed by atoms with van der Waals surface area (Å²) in [5, 5.41) is 4.44. The molecule has 0 saturated carbocycles. The monoisotopic (exact) mass is 435 g/mol. The Kier molecular flexibility index (Phi) is 9.10. The lowest BCUT2D eigenvalue weighted by molar-refractivity contribution is -0.191. The summed E-state index contributed by atoms with van der Waals surface area (Å²) >= 11 is 0. The molecule has 11 heteroatoms. The Balaban J connectivity index is 0.00000141. The summed E-state index contributed by atoms with van der Waals surface area (Å²) in [6.07, 6.45) is -2.62. The van der Waals surface area contributed by atoms with Crippen molar-refractivity contribution in [2.45, 2.75) is 59.9 Å². The van der Waals surface area contributed by atoms with Gasteiger partial charge in [-0.25, -0.2) is 0 Å². The highest BCUT2D eigenvalue weighted by atomic mass is 19.4. The van der Waals surface area contributed by atoms with Crippen LogP contribution in [0.25, 0.3) is 11.3 Å². The Hall–Kier alpha value is -2.81. The Labute approximate surface area is 170 Å². The standard InChI is InChI=1S/C18H22F5N3O.CO2/c1-5-14-11(4)16(26(6-2)25-14)13-9-24-12(7-10(3)18(21,22)23)8-15(13)27-17(19)20;2-1-3/h8-10,17H,5-7H2,1-4H3;/t10-;/m0./s1. The normalized spacial score (nSPS) is 12.2. The van der Waals surface area contributed by atoms with Gasteiger partial charge in [0.05, 0.1) is 22.9 Å². The van der Waals surface area contributed by atoms with Gasteiger partial charge < -0.3 is 4.74 Å². The highest BCUT2D eigenvalue weighted by Gasteiger charge is 2.36. The molecule has 166 valence electrons. The maximum absolute atomic E-state index is 12.9. The van der Waals surface area contributed by atoms with Crippen molar-refractivity contribution in [3.05, 3.63) is 29.2 Å². The van der Waals surface area contributed by atoms with Crippen molar-refractivity contribution < 1.29 is 36.3 Å². The molecule has 0 N–H and O–H groups in total. The predicted molar refractivity (Wildman–Crippen MR) is 95.8 cm³/mol. The molecule has 2 aromatic rings. The van der Waals surface area contributed by atoms with E-state index >= 15 is 0 Å². The number of aromatic nitrogens is 3. The number of carbonyl (C=O) groups excluding carboxylic acids is 2. The fourth-order valence-electron chi connectivity index (χ4n) is 2.90. The molecule has 0 aliphatic heterocycles. The summed E-state index contributed by atoms with van der Waals surface area (Å²) in [6, 6.07) is 1.15. The largest absolute Gasteiger partial charge is 0.434 e. The van der Waals surface area contributed by atoms with Crippen LogP contribution in [0.3, 0.4) is 0 Å². The zero-order valence-corrected chi connectivity index (χ0v) is 16.9. The second kappa shape index (κ2) is 10.8. The molecule has 0 aromatic carbocycles. The van der Waals surface area contributed by atoms with E-state index in [0.717, 1.165) is 24.2 Å². The van der Waals surface area contributed by atoms with Crippen LogP contribution in [0.4, 0.5) is 22.0 Å². The molecule has 0 unspecified atom stereocenters. The van der Waals surface area contributed by atoms with Gasteiger partial charge in [-0.2, -0.15) is 36.6 Å². The maximum Gasteiger partial charge on any atom is 0.391 e. The van der Waals surface area contributed by atoms with Gasteiger partial charge in [-0.15, -0.1) is 0 Å². The first-order chi connectivity index (χ1) is 14.0. The molecular weight excluding hydrogens is 413 g/mol. The van der Waals surface area contributed by atoms with Crippen LogP contribution in [0, 0.1) is 12.8 Å². The van der Waals surface area contributed by atoms with Crippen molar-refractivity contribution in [1.82, 2.24) is 14.8 Å². The summed E-state index contributed by atoms with van der Waals surface area (Å²) in [4.78, 5) is 20.3. The summed E-state index contributed by atoms with van der Waals surface area (Å²) in [7, 11) is 0. The molecule has 0 saturated heterocycles. The van der Waals surface area contributed by atoms with E-state index in [2.05, 4.69) is 14.8 Å². The van der Waals surface area contributed by atoms with Crippen molar-refractivity contribution >= 4 is 6.15 Å². The van der Waals surface area contributed by atoms with Crippen LogP contribution < -0.4 is 4.74 Å². The lowest BCUT2D eigenvalue weighted by atomic mass is 10.0. The summed E-state index contributed by atoms with van der Waals surface area (Å²) in [5.74, 6) is -1.85. The zero-order chi connectivity index (χ0) is 23.1. The minimum atomic E-state index is -4.39. The van der Waals surface area contributed by atoms with Crippen LogP contribution in [0.15, 0.2) is 12.3 Å². The molecule has 30 heavy (non-hydrogen) atoms. The quantitative estimate of drug-likeness (QED) is 0.595. The van der Waals surface area contributed by atoms with E-state index in [4.69, 9.17) is 9.59 Å². The Morgan fingerprint density at radius 2 is 1.83 bits per heavy atom. The van der Waals surface area contributed by atoms with E-state index < -0.39 is 25.1 Å². The third-order valence-corrected chi connectivity index (χ3v) is 4.39. The van der Waals surface area contributed by atoms with Crippen LogP contribution in [0.5, 0.6) is 5.75 Å². The Morgan fingerprint density at radius 3 is 2.30 bits per heavy atom. The minimum absolute atomic E-state index is 0.0372. The number of nitrogens with zero attached hydrogens (tertiary/aromatic N) is 3. The van der Waals surface area contributed by atoms with Gasteiger partial charge in [-0.1, -0.05) is 13.8 Å². The number of hydrogen-bond donors (Lipinski definition) is 0.